The van der Waals surface area contributed by atoms with Crippen molar-refractivity contribution in [1.29, 1.82) is 0 Å². The molecular formula is C25H25N5O5. The molecule has 3 aliphatic rings. The van der Waals surface area contributed by atoms with Gasteiger partial charge in [0, 0.05) is 32.9 Å². The van der Waals surface area contributed by atoms with Gasteiger partial charge in [0.1, 0.15) is 17.0 Å². The van der Waals surface area contributed by atoms with Crippen LogP contribution in [-0.4, -0.2) is 74.3 Å². The third-order valence-electron chi connectivity index (χ3n) is 7.37. The number of pyridine rings is 1. The van der Waals surface area contributed by atoms with E-state index in [1.807, 2.05) is 12.2 Å². The Kier molecular flexibility index (Phi) is 5.06. The largest absolute Gasteiger partial charge is 0.383 e. The highest BCUT2D eigenvalue weighted by Crippen LogP contribution is 2.37. The molecule has 10 nitrogen and oxygen atoms in total. The van der Waals surface area contributed by atoms with Crippen LogP contribution in [0.1, 0.15) is 23.3 Å². The summed E-state index contributed by atoms with van der Waals surface area (Å²) in [5.74, 6) is -1.06. The van der Waals surface area contributed by atoms with Gasteiger partial charge in [-0.15, -0.1) is 0 Å². The number of hydrogen-bond donors (Lipinski definition) is 0. The number of fused-ring (bicyclic) bond motifs is 3. The van der Waals surface area contributed by atoms with Gasteiger partial charge in [0.15, 0.2) is 0 Å². The van der Waals surface area contributed by atoms with Crippen molar-refractivity contribution < 1.29 is 19.1 Å². The molecule has 5 heterocycles. The minimum atomic E-state index is -0.312. The average Bonchev–Trinajstić information content (AvgIpc) is 3.33. The highest BCUT2D eigenvalue weighted by Gasteiger charge is 2.52. The van der Waals surface area contributed by atoms with Crippen molar-refractivity contribution in [2.75, 3.05) is 26.8 Å². The zero-order chi connectivity index (χ0) is 24.3. The zero-order valence-corrected chi connectivity index (χ0v) is 19.3. The second kappa shape index (κ2) is 8.16. The molecule has 2 fully saturated rings. The van der Waals surface area contributed by atoms with Crippen molar-refractivity contribution in [2.45, 2.75) is 25.4 Å². The molecule has 0 saturated carbocycles. The Hall–Kier alpha value is -3.79. The van der Waals surface area contributed by atoms with E-state index in [1.54, 1.807) is 47.0 Å². The smallest absolute Gasteiger partial charge is 0.270 e. The van der Waals surface area contributed by atoms with E-state index in [1.165, 1.54) is 9.30 Å². The highest BCUT2D eigenvalue weighted by molar-refractivity contribution is 6.06. The first-order valence-electron chi connectivity index (χ1n) is 11.8. The molecule has 2 aliphatic heterocycles. The van der Waals surface area contributed by atoms with Crippen molar-refractivity contribution in [1.82, 2.24) is 23.8 Å². The molecule has 0 radical (unpaired) electrons. The van der Waals surface area contributed by atoms with Crippen LogP contribution in [0.15, 0.2) is 47.4 Å². The molecule has 0 spiro atoms. The fourth-order valence-corrected chi connectivity index (χ4v) is 5.47. The summed E-state index contributed by atoms with van der Waals surface area (Å²) >= 11 is 0. The number of nitrogens with zero attached hydrogens (tertiary/aromatic N) is 5. The molecule has 35 heavy (non-hydrogen) atoms. The highest BCUT2D eigenvalue weighted by atomic mass is 16.5. The van der Waals surface area contributed by atoms with Gasteiger partial charge in [-0.3, -0.25) is 28.5 Å². The fraction of sp³-hybridized carbons (Fsp3) is 0.400. The number of rotatable bonds is 5. The predicted molar refractivity (Wildman–Crippen MR) is 126 cm³/mol. The average molecular weight is 476 g/mol. The summed E-state index contributed by atoms with van der Waals surface area (Å²) in [6.07, 6.45) is 6.77. The Morgan fingerprint density at radius 2 is 1.80 bits per heavy atom. The summed E-state index contributed by atoms with van der Waals surface area (Å²) in [5, 5.41) is 0.353. The van der Waals surface area contributed by atoms with Gasteiger partial charge in [-0.1, -0.05) is 18.2 Å². The number of methoxy groups -OCH3 is 1. The minimum Gasteiger partial charge on any atom is -0.383 e. The van der Waals surface area contributed by atoms with Crippen molar-refractivity contribution >= 4 is 34.4 Å². The molecule has 0 bridgehead atoms. The SMILES string of the molecule is COCCn1c(C(=O)N2CC(N3C(=O)C4CC=CCC4C3=O)C2)cc2c(=O)n3ccccc3nc21. The maximum absolute atomic E-state index is 13.5. The summed E-state index contributed by atoms with van der Waals surface area (Å²) in [5.41, 5.74) is 1.02. The van der Waals surface area contributed by atoms with Gasteiger partial charge in [0.05, 0.1) is 29.9 Å². The van der Waals surface area contributed by atoms with Gasteiger partial charge in [0.25, 0.3) is 11.5 Å². The zero-order valence-electron chi connectivity index (χ0n) is 19.3. The maximum atomic E-state index is 13.5. The van der Waals surface area contributed by atoms with Gasteiger partial charge in [-0.05, 0) is 31.0 Å². The lowest BCUT2D eigenvalue weighted by atomic mass is 9.85. The van der Waals surface area contributed by atoms with Crippen molar-refractivity contribution in [3.05, 3.63) is 58.7 Å². The molecule has 0 aromatic carbocycles. The quantitative estimate of drug-likeness (QED) is 0.404. The third-order valence-corrected chi connectivity index (χ3v) is 7.37. The molecule has 2 saturated heterocycles. The third kappa shape index (κ3) is 3.23. The molecule has 1 aliphatic carbocycles. The molecule has 3 aromatic rings. The summed E-state index contributed by atoms with van der Waals surface area (Å²) in [4.78, 5) is 60.0. The molecule has 6 rings (SSSR count). The normalized spacial score (nSPS) is 22.3. The Morgan fingerprint density at radius 1 is 1.09 bits per heavy atom. The number of ether oxygens (including phenoxy) is 1. The molecule has 180 valence electrons. The van der Waals surface area contributed by atoms with Crippen LogP contribution in [-0.2, 0) is 20.9 Å². The fourth-order valence-electron chi connectivity index (χ4n) is 5.47. The molecule has 3 aromatic heterocycles. The number of aromatic nitrogens is 3. The van der Waals surface area contributed by atoms with Gasteiger partial charge in [-0.2, -0.15) is 0 Å². The second-order valence-electron chi connectivity index (χ2n) is 9.32. The van der Waals surface area contributed by atoms with E-state index in [9.17, 15) is 19.2 Å². The van der Waals surface area contributed by atoms with Gasteiger partial charge < -0.3 is 14.2 Å². The Labute approximate surface area is 200 Å². The van der Waals surface area contributed by atoms with Crippen LogP contribution >= 0.6 is 0 Å². The lowest BCUT2D eigenvalue weighted by Gasteiger charge is -2.43. The number of imide groups is 1. The summed E-state index contributed by atoms with van der Waals surface area (Å²) in [6, 6.07) is 6.57. The van der Waals surface area contributed by atoms with Crippen LogP contribution in [0.2, 0.25) is 0 Å². The number of carbonyl (C=O) groups is 3. The summed E-state index contributed by atoms with van der Waals surface area (Å²) in [6.45, 7) is 1.26. The van der Waals surface area contributed by atoms with E-state index < -0.39 is 0 Å². The van der Waals surface area contributed by atoms with Gasteiger partial charge in [0.2, 0.25) is 11.8 Å². The van der Waals surface area contributed by atoms with Crippen LogP contribution < -0.4 is 5.56 Å². The molecule has 10 heteroatoms. The van der Waals surface area contributed by atoms with E-state index in [0.717, 1.165) is 0 Å². The van der Waals surface area contributed by atoms with Crippen molar-refractivity contribution in [3.8, 4) is 0 Å². The monoisotopic (exact) mass is 475 g/mol. The minimum absolute atomic E-state index is 0.125. The van der Waals surface area contributed by atoms with Crippen LogP contribution in [0.3, 0.4) is 0 Å². The Balaban J connectivity index is 1.29. The van der Waals surface area contributed by atoms with Gasteiger partial charge in [-0.25, -0.2) is 4.98 Å². The molecule has 2 unspecified atom stereocenters. The standard InChI is InChI=1S/C25H25N5O5/c1-35-11-10-28-19(12-18-21(28)26-20-8-4-5-9-29(20)22(18)31)25(34)27-13-15(14-27)30-23(32)16-6-2-3-7-17(16)24(30)33/h2-5,8-9,12,15-17H,6-7,10-11,13-14H2,1H3. The van der Waals surface area contributed by atoms with E-state index in [0.29, 0.717) is 48.4 Å². The van der Waals surface area contributed by atoms with Gasteiger partial charge >= 0.3 is 0 Å². The topological polar surface area (TPSA) is 106 Å². The first kappa shape index (κ1) is 21.7. The Morgan fingerprint density at radius 3 is 2.49 bits per heavy atom. The first-order valence-corrected chi connectivity index (χ1v) is 11.8. The van der Waals surface area contributed by atoms with Crippen LogP contribution in [0.5, 0.6) is 0 Å². The number of carbonyl (C=O) groups excluding carboxylic acids is 3. The van der Waals surface area contributed by atoms with Crippen LogP contribution in [0.25, 0.3) is 16.7 Å². The molecule has 0 N–H and O–H groups in total. The van der Waals surface area contributed by atoms with Crippen LogP contribution in [0.4, 0.5) is 0 Å². The number of allylic oxidation sites excluding steroid dienone is 2. The number of likely N-dealkylation sites (tertiary alicyclic amines) is 2. The van der Waals surface area contributed by atoms with Crippen LogP contribution in [0, 0.1) is 11.8 Å². The van der Waals surface area contributed by atoms with E-state index >= 15 is 0 Å². The molecule has 2 atom stereocenters. The van der Waals surface area contributed by atoms with E-state index in [4.69, 9.17) is 4.74 Å². The first-order chi connectivity index (χ1) is 17.0. The van der Waals surface area contributed by atoms with Crippen molar-refractivity contribution in [3.63, 3.8) is 0 Å². The molecular weight excluding hydrogens is 450 g/mol. The summed E-state index contributed by atoms with van der Waals surface area (Å²) < 4.78 is 8.40. The second-order valence-corrected chi connectivity index (χ2v) is 9.32. The Bertz CT molecular complexity index is 1440. The maximum Gasteiger partial charge on any atom is 0.270 e. The lowest BCUT2D eigenvalue weighted by Crippen LogP contribution is -2.62. The van der Waals surface area contributed by atoms with E-state index in [-0.39, 0.29) is 54.2 Å². The molecule has 3 amide bonds. The van der Waals surface area contributed by atoms with Crippen molar-refractivity contribution in [2.24, 2.45) is 11.8 Å². The lowest BCUT2D eigenvalue weighted by molar-refractivity contribution is -0.145. The number of amides is 3. The van der Waals surface area contributed by atoms with E-state index in [2.05, 4.69) is 4.98 Å². The number of hydrogen-bond acceptors (Lipinski definition) is 6. The summed E-state index contributed by atoms with van der Waals surface area (Å²) in [7, 11) is 1.57. The predicted octanol–water partition coefficient (Wildman–Crippen LogP) is 1.07.